The van der Waals surface area contributed by atoms with E-state index in [0.717, 1.165) is 25.7 Å². The summed E-state index contributed by atoms with van der Waals surface area (Å²) in [5.41, 5.74) is 5.11. The first kappa shape index (κ1) is 14.5. The van der Waals surface area contributed by atoms with Crippen LogP contribution in [0.5, 0.6) is 0 Å². The van der Waals surface area contributed by atoms with Crippen LogP contribution < -0.4 is 11.1 Å². The Hall–Kier alpha value is -0.610. The van der Waals surface area contributed by atoms with Crippen molar-refractivity contribution in [2.75, 3.05) is 6.61 Å². The fourth-order valence-electron chi connectivity index (χ4n) is 2.57. The van der Waals surface area contributed by atoms with Gasteiger partial charge in [-0.2, -0.15) is 0 Å². The van der Waals surface area contributed by atoms with E-state index in [9.17, 15) is 4.79 Å². The van der Waals surface area contributed by atoms with Crippen LogP contribution in [0.25, 0.3) is 0 Å². The fourth-order valence-corrected chi connectivity index (χ4v) is 2.57. The lowest BCUT2D eigenvalue weighted by Gasteiger charge is -2.38. The third-order valence-corrected chi connectivity index (χ3v) is 3.67. The minimum Gasteiger partial charge on any atom is -0.396 e. The monoisotopic (exact) mass is 242 g/mol. The molecule has 0 aromatic heterocycles. The maximum absolute atomic E-state index is 12.2. The van der Waals surface area contributed by atoms with Crippen molar-refractivity contribution < 1.29 is 9.90 Å². The van der Waals surface area contributed by atoms with Crippen LogP contribution in [0.4, 0.5) is 0 Å². The SMILES string of the molecule is CC1CCCC(N)(C(=O)NC(C)(C)CCO)C1. The first-order valence-corrected chi connectivity index (χ1v) is 6.51. The fraction of sp³-hybridized carbons (Fsp3) is 0.923. The summed E-state index contributed by atoms with van der Waals surface area (Å²) in [6, 6.07) is 0. The lowest BCUT2D eigenvalue weighted by atomic mass is 9.76. The zero-order valence-electron chi connectivity index (χ0n) is 11.3. The number of hydrogen-bond acceptors (Lipinski definition) is 3. The Labute approximate surface area is 104 Å². The second-order valence-corrected chi connectivity index (χ2v) is 6.17. The van der Waals surface area contributed by atoms with Crippen molar-refractivity contribution in [1.29, 1.82) is 0 Å². The molecule has 0 aliphatic heterocycles. The molecular weight excluding hydrogens is 216 g/mol. The molecule has 2 atom stereocenters. The molecule has 1 amide bonds. The van der Waals surface area contributed by atoms with Gasteiger partial charge in [0.25, 0.3) is 0 Å². The smallest absolute Gasteiger partial charge is 0.240 e. The molecule has 4 N–H and O–H groups in total. The summed E-state index contributed by atoms with van der Waals surface area (Å²) in [6.07, 6.45) is 4.24. The Morgan fingerprint density at radius 3 is 2.76 bits per heavy atom. The molecule has 1 fully saturated rings. The van der Waals surface area contributed by atoms with E-state index in [1.54, 1.807) is 0 Å². The van der Waals surface area contributed by atoms with Crippen LogP contribution in [0, 0.1) is 5.92 Å². The number of aliphatic hydroxyl groups is 1. The minimum atomic E-state index is -0.718. The van der Waals surface area contributed by atoms with E-state index in [1.807, 2.05) is 13.8 Å². The molecule has 0 radical (unpaired) electrons. The van der Waals surface area contributed by atoms with E-state index < -0.39 is 5.54 Å². The van der Waals surface area contributed by atoms with Gasteiger partial charge in [0.1, 0.15) is 0 Å². The molecule has 4 heteroatoms. The van der Waals surface area contributed by atoms with Gasteiger partial charge in [-0.05, 0) is 39.0 Å². The minimum absolute atomic E-state index is 0.0671. The molecule has 2 unspecified atom stereocenters. The predicted octanol–water partition coefficient (Wildman–Crippen LogP) is 1.17. The molecule has 4 nitrogen and oxygen atoms in total. The molecule has 17 heavy (non-hydrogen) atoms. The zero-order valence-corrected chi connectivity index (χ0v) is 11.3. The van der Waals surface area contributed by atoms with Gasteiger partial charge >= 0.3 is 0 Å². The van der Waals surface area contributed by atoms with Crippen molar-refractivity contribution in [1.82, 2.24) is 5.32 Å². The summed E-state index contributed by atoms with van der Waals surface area (Å²) in [4.78, 5) is 12.2. The van der Waals surface area contributed by atoms with Gasteiger partial charge < -0.3 is 16.2 Å². The van der Waals surface area contributed by atoms with Gasteiger partial charge in [0.05, 0.1) is 5.54 Å². The highest BCUT2D eigenvalue weighted by Gasteiger charge is 2.39. The summed E-state index contributed by atoms with van der Waals surface area (Å²) >= 11 is 0. The second-order valence-electron chi connectivity index (χ2n) is 6.17. The van der Waals surface area contributed by atoms with E-state index >= 15 is 0 Å². The molecule has 0 heterocycles. The summed E-state index contributed by atoms with van der Waals surface area (Å²) < 4.78 is 0. The van der Waals surface area contributed by atoms with Gasteiger partial charge in [0, 0.05) is 12.1 Å². The highest BCUT2D eigenvalue weighted by Crippen LogP contribution is 2.31. The van der Waals surface area contributed by atoms with Crippen molar-refractivity contribution in [3.05, 3.63) is 0 Å². The van der Waals surface area contributed by atoms with Crippen LogP contribution in [0.1, 0.15) is 52.9 Å². The van der Waals surface area contributed by atoms with Gasteiger partial charge in [0.15, 0.2) is 0 Å². The van der Waals surface area contributed by atoms with Crippen LogP contribution in [0.3, 0.4) is 0 Å². The van der Waals surface area contributed by atoms with E-state index in [0.29, 0.717) is 12.3 Å². The molecule has 0 aromatic rings. The molecule has 1 aliphatic carbocycles. The number of rotatable bonds is 4. The third-order valence-electron chi connectivity index (χ3n) is 3.67. The third kappa shape index (κ3) is 3.96. The first-order valence-electron chi connectivity index (χ1n) is 6.51. The van der Waals surface area contributed by atoms with Crippen LogP contribution >= 0.6 is 0 Å². The Bertz CT molecular complexity index is 279. The number of nitrogens with two attached hydrogens (primary N) is 1. The summed E-state index contributed by atoms with van der Waals surface area (Å²) in [6.45, 7) is 6.04. The van der Waals surface area contributed by atoms with Crippen molar-refractivity contribution >= 4 is 5.91 Å². The molecule has 0 bridgehead atoms. The van der Waals surface area contributed by atoms with Crippen molar-refractivity contribution in [2.45, 2.75) is 64.0 Å². The van der Waals surface area contributed by atoms with Crippen molar-refractivity contribution in [2.24, 2.45) is 11.7 Å². The molecule has 1 rings (SSSR count). The lowest BCUT2D eigenvalue weighted by Crippen LogP contribution is -2.60. The Morgan fingerprint density at radius 1 is 1.59 bits per heavy atom. The maximum Gasteiger partial charge on any atom is 0.240 e. The van der Waals surface area contributed by atoms with E-state index in [2.05, 4.69) is 12.2 Å². The zero-order chi connectivity index (χ0) is 13.1. The molecular formula is C13H26N2O2. The molecule has 1 aliphatic rings. The Morgan fingerprint density at radius 2 is 2.24 bits per heavy atom. The Kier molecular flexibility index (Phi) is 4.55. The largest absolute Gasteiger partial charge is 0.396 e. The van der Waals surface area contributed by atoms with Crippen molar-refractivity contribution in [3.8, 4) is 0 Å². The predicted molar refractivity (Wildman–Crippen MR) is 68.5 cm³/mol. The summed E-state index contributed by atoms with van der Waals surface area (Å²) in [5, 5.41) is 11.9. The van der Waals surface area contributed by atoms with E-state index in [-0.39, 0.29) is 18.1 Å². The van der Waals surface area contributed by atoms with Gasteiger partial charge in [-0.3, -0.25) is 4.79 Å². The number of hydrogen-bond donors (Lipinski definition) is 3. The second kappa shape index (κ2) is 5.36. The highest BCUT2D eigenvalue weighted by atomic mass is 16.3. The van der Waals surface area contributed by atoms with E-state index in [1.165, 1.54) is 0 Å². The number of nitrogens with one attached hydrogen (secondary N) is 1. The first-order chi connectivity index (χ1) is 7.79. The summed E-state index contributed by atoms with van der Waals surface area (Å²) in [5.74, 6) is 0.447. The van der Waals surface area contributed by atoms with E-state index in [4.69, 9.17) is 10.8 Å². The average Bonchev–Trinajstić information content (AvgIpc) is 2.15. The number of aliphatic hydroxyl groups excluding tert-OH is 1. The Balaban J connectivity index is 2.62. The number of carbonyl (C=O) groups is 1. The standard InChI is InChI=1S/C13H26N2O2/c1-10-5-4-6-13(14,9-10)11(17)15-12(2,3)7-8-16/h10,16H,4-9,14H2,1-3H3,(H,15,17). The molecule has 1 saturated carbocycles. The van der Waals surface area contributed by atoms with Crippen LogP contribution in [-0.2, 0) is 4.79 Å². The van der Waals surface area contributed by atoms with Gasteiger partial charge in [-0.1, -0.05) is 19.8 Å². The van der Waals surface area contributed by atoms with Crippen LogP contribution in [0.15, 0.2) is 0 Å². The summed E-state index contributed by atoms with van der Waals surface area (Å²) in [7, 11) is 0. The van der Waals surface area contributed by atoms with Gasteiger partial charge in [0.2, 0.25) is 5.91 Å². The number of amides is 1. The van der Waals surface area contributed by atoms with Gasteiger partial charge in [-0.15, -0.1) is 0 Å². The maximum atomic E-state index is 12.2. The molecule has 0 spiro atoms. The normalized spacial score (nSPS) is 30.1. The molecule has 100 valence electrons. The van der Waals surface area contributed by atoms with Gasteiger partial charge in [-0.25, -0.2) is 0 Å². The topological polar surface area (TPSA) is 75.4 Å². The van der Waals surface area contributed by atoms with Crippen LogP contribution in [-0.4, -0.2) is 28.7 Å². The molecule has 0 aromatic carbocycles. The average molecular weight is 242 g/mol. The quantitative estimate of drug-likeness (QED) is 0.692. The van der Waals surface area contributed by atoms with Crippen LogP contribution in [0.2, 0.25) is 0 Å². The molecule has 0 saturated heterocycles. The lowest BCUT2D eigenvalue weighted by molar-refractivity contribution is -0.129. The number of carbonyl (C=O) groups excluding carboxylic acids is 1. The highest BCUT2D eigenvalue weighted by molar-refractivity contribution is 5.86. The van der Waals surface area contributed by atoms with Crippen molar-refractivity contribution in [3.63, 3.8) is 0 Å².